The van der Waals surface area contributed by atoms with E-state index in [1.807, 2.05) is 19.1 Å². The molecule has 0 radical (unpaired) electrons. The molecule has 3 N–H and O–H groups in total. The van der Waals surface area contributed by atoms with Crippen molar-refractivity contribution in [3.8, 4) is 11.5 Å². The minimum Gasteiger partial charge on any atom is -0.486 e. The van der Waals surface area contributed by atoms with Crippen molar-refractivity contribution in [2.24, 2.45) is 11.1 Å². The number of fused-ring (bicyclic) bond motifs is 1. The highest BCUT2D eigenvalue weighted by atomic mass is 16.6. The molecule has 1 saturated heterocycles. The Labute approximate surface area is 112 Å². The molecule has 1 aromatic rings. The van der Waals surface area contributed by atoms with E-state index in [9.17, 15) is 5.11 Å². The van der Waals surface area contributed by atoms with Gasteiger partial charge in [-0.15, -0.1) is 0 Å². The monoisotopic (exact) mass is 265 g/mol. The summed E-state index contributed by atoms with van der Waals surface area (Å²) in [6.45, 7) is 4.16. The standard InChI is InChI=1S/C14H19NO4/c1-9-4-11-12(19-3-2-18-11)5-10(9)13(15)14(6-16)7-17-8-14/h4-5,13,16H,2-3,6-8,15H2,1H3. The molecule has 0 bridgehead atoms. The summed E-state index contributed by atoms with van der Waals surface area (Å²) < 4.78 is 16.4. The fraction of sp³-hybridized carbons (Fsp3) is 0.571. The van der Waals surface area contributed by atoms with E-state index in [2.05, 4.69) is 0 Å². The second-order valence-corrected chi connectivity index (χ2v) is 5.34. The van der Waals surface area contributed by atoms with Crippen molar-refractivity contribution >= 4 is 0 Å². The molecule has 2 aliphatic rings. The fourth-order valence-electron chi connectivity index (χ4n) is 2.60. The molecule has 0 aromatic heterocycles. The van der Waals surface area contributed by atoms with Crippen molar-refractivity contribution in [3.63, 3.8) is 0 Å². The highest BCUT2D eigenvalue weighted by molar-refractivity contribution is 5.49. The zero-order valence-corrected chi connectivity index (χ0v) is 11.0. The molecular formula is C14H19NO4. The fourth-order valence-corrected chi connectivity index (χ4v) is 2.60. The van der Waals surface area contributed by atoms with Crippen LogP contribution in [-0.4, -0.2) is 38.1 Å². The van der Waals surface area contributed by atoms with E-state index in [1.54, 1.807) is 0 Å². The molecule has 2 aliphatic heterocycles. The Morgan fingerprint density at radius 2 is 1.89 bits per heavy atom. The number of hydrogen-bond donors (Lipinski definition) is 2. The van der Waals surface area contributed by atoms with E-state index >= 15 is 0 Å². The van der Waals surface area contributed by atoms with Crippen LogP contribution in [0.4, 0.5) is 0 Å². The molecule has 0 spiro atoms. The van der Waals surface area contributed by atoms with Crippen molar-refractivity contribution in [1.29, 1.82) is 0 Å². The molecule has 19 heavy (non-hydrogen) atoms. The number of rotatable bonds is 3. The van der Waals surface area contributed by atoms with Crippen LogP contribution in [0.1, 0.15) is 17.2 Å². The molecule has 0 saturated carbocycles. The van der Waals surface area contributed by atoms with Crippen LogP contribution in [0.15, 0.2) is 12.1 Å². The first-order valence-corrected chi connectivity index (χ1v) is 6.51. The van der Waals surface area contributed by atoms with Gasteiger partial charge in [0.15, 0.2) is 11.5 Å². The van der Waals surface area contributed by atoms with E-state index in [4.69, 9.17) is 19.9 Å². The van der Waals surface area contributed by atoms with Crippen molar-refractivity contribution in [2.75, 3.05) is 33.0 Å². The van der Waals surface area contributed by atoms with E-state index < -0.39 is 0 Å². The number of ether oxygens (including phenoxy) is 3. The molecule has 0 aliphatic carbocycles. The normalized spacial score (nSPS) is 21.6. The van der Waals surface area contributed by atoms with E-state index in [-0.39, 0.29) is 18.1 Å². The van der Waals surface area contributed by atoms with Crippen LogP contribution < -0.4 is 15.2 Å². The van der Waals surface area contributed by atoms with Crippen LogP contribution in [0.5, 0.6) is 11.5 Å². The maximum atomic E-state index is 9.58. The summed E-state index contributed by atoms with van der Waals surface area (Å²) in [7, 11) is 0. The first-order valence-electron chi connectivity index (χ1n) is 6.51. The molecular weight excluding hydrogens is 246 g/mol. The lowest BCUT2D eigenvalue weighted by atomic mass is 9.75. The lowest BCUT2D eigenvalue weighted by Crippen LogP contribution is -2.53. The largest absolute Gasteiger partial charge is 0.486 e. The summed E-state index contributed by atoms with van der Waals surface area (Å²) in [6, 6.07) is 3.63. The van der Waals surface area contributed by atoms with Gasteiger partial charge in [0.1, 0.15) is 13.2 Å². The topological polar surface area (TPSA) is 73.9 Å². The number of nitrogens with two attached hydrogens (primary N) is 1. The van der Waals surface area contributed by atoms with Crippen LogP contribution in [-0.2, 0) is 4.74 Å². The summed E-state index contributed by atoms with van der Waals surface area (Å²) in [5.74, 6) is 1.50. The first kappa shape index (κ1) is 12.7. The summed E-state index contributed by atoms with van der Waals surface area (Å²) in [6.07, 6.45) is 0. The smallest absolute Gasteiger partial charge is 0.161 e. The minimum atomic E-state index is -0.367. The average molecular weight is 265 g/mol. The summed E-state index contributed by atoms with van der Waals surface area (Å²) >= 11 is 0. The highest BCUT2D eigenvalue weighted by Crippen LogP contribution is 2.42. The van der Waals surface area contributed by atoms with E-state index in [0.29, 0.717) is 26.4 Å². The quantitative estimate of drug-likeness (QED) is 0.844. The van der Waals surface area contributed by atoms with Crippen LogP contribution in [0.25, 0.3) is 0 Å². The van der Waals surface area contributed by atoms with Gasteiger partial charge in [0.25, 0.3) is 0 Å². The van der Waals surface area contributed by atoms with Crippen LogP contribution >= 0.6 is 0 Å². The zero-order valence-electron chi connectivity index (χ0n) is 11.0. The average Bonchev–Trinajstić information content (AvgIpc) is 2.37. The second kappa shape index (κ2) is 4.67. The van der Waals surface area contributed by atoms with Crippen molar-refractivity contribution in [1.82, 2.24) is 0 Å². The molecule has 1 fully saturated rings. The number of benzene rings is 1. The number of hydrogen-bond acceptors (Lipinski definition) is 5. The van der Waals surface area contributed by atoms with Gasteiger partial charge in [0.2, 0.25) is 0 Å². The lowest BCUT2D eigenvalue weighted by molar-refractivity contribution is -0.150. The summed E-state index contributed by atoms with van der Waals surface area (Å²) in [4.78, 5) is 0. The molecule has 0 amide bonds. The molecule has 2 heterocycles. The van der Waals surface area contributed by atoms with Crippen molar-refractivity contribution in [2.45, 2.75) is 13.0 Å². The predicted molar refractivity (Wildman–Crippen MR) is 69.4 cm³/mol. The third-order valence-corrected chi connectivity index (χ3v) is 4.02. The van der Waals surface area contributed by atoms with Gasteiger partial charge in [-0.25, -0.2) is 0 Å². The molecule has 5 nitrogen and oxygen atoms in total. The Balaban J connectivity index is 1.96. The molecule has 104 valence electrons. The first-order chi connectivity index (χ1) is 9.16. The van der Waals surface area contributed by atoms with Gasteiger partial charge in [-0.05, 0) is 30.2 Å². The summed E-state index contributed by atoms with van der Waals surface area (Å²) in [5.41, 5.74) is 8.02. The minimum absolute atomic E-state index is 0.0298. The molecule has 5 heteroatoms. The number of aliphatic hydroxyl groups excluding tert-OH is 1. The van der Waals surface area contributed by atoms with E-state index in [1.165, 1.54) is 0 Å². The molecule has 3 rings (SSSR count). The van der Waals surface area contributed by atoms with Gasteiger partial charge >= 0.3 is 0 Å². The summed E-state index contributed by atoms with van der Waals surface area (Å²) in [5, 5.41) is 9.58. The Kier molecular flexibility index (Phi) is 3.12. The van der Waals surface area contributed by atoms with Gasteiger partial charge < -0.3 is 25.1 Å². The Morgan fingerprint density at radius 3 is 2.42 bits per heavy atom. The van der Waals surface area contributed by atoms with Gasteiger partial charge in [-0.1, -0.05) is 0 Å². The van der Waals surface area contributed by atoms with Crippen molar-refractivity contribution in [3.05, 3.63) is 23.3 Å². The number of aliphatic hydroxyl groups is 1. The van der Waals surface area contributed by atoms with Gasteiger partial charge in [0.05, 0.1) is 25.2 Å². The number of aryl methyl sites for hydroxylation is 1. The van der Waals surface area contributed by atoms with Crippen LogP contribution in [0.2, 0.25) is 0 Å². The maximum Gasteiger partial charge on any atom is 0.161 e. The molecule has 1 aromatic carbocycles. The van der Waals surface area contributed by atoms with Crippen LogP contribution in [0.3, 0.4) is 0 Å². The Bertz CT molecular complexity index is 479. The van der Waals surface area contributed by atoms with Crippen LogP contribution in [0, 0.1) is 12.3 Å². The molecule has 1 unspecified atom stereocenters. The lowest BCUT2D eigenvalue weighted by Gasteiger charge is -2.45. The predicted octanol–water partition coefficient (Wildman–Crippen LogP) is 0.775. The maximum absolute atomic E-state index is 9.58. The SMILES string of the molecule is Cc1cc2c(cc1C(N)C1(CO)COC1)OCCO2. The Morgan fingerprint density at radius 1 is 1.26 bits per heavy atom. The van der Waals surface area contributed by atoms with Gasteiger partial charge in [-0.2, -0.15) is 0 Å². The third kappa shape index (κ3) is 1.98. The Hall–Kier alpha value is -1.30. The molecule has 1 atom stereocenters. The van der Waals surface area contributed by atoms with Gasteiger partial charge in [-0.3, -0.25) is 0 Å². The van der Waals surface area contributed by atoms with Gasteiger partial charge in [0, 0.05) is 6.04 Å². The highest BCUT2D eigenvalue weighted by Gasteiger charge is 2.45. The zero-order chi connectivity index (χ0) is 13.5. The third-order valence-electron chi connectivity index (χ3n) is 4.02. The second-order valence-electron chi connectivity index (χ2n) is 5.34. The van der Waals surface area contributed by atoms with E-state index in [0.717, 1.165) is 22.6 Å². The van der Waals surface area contributed by atoms with Crippen molar-refractivity contribution < 1.29 is 19.3 Å².